The molecule has 5 nitrogen and oxygen atoms in total. The number of aromatic nitrogens is 2. The van der Waals surface area contributed by atoms with Gasteiger partial charge in [0.2, 0.25) is 0 Å². The van der Waals surface area contributed by atoms with E-state index >= 15 is 0 Å². The van der Waals surface area contributed by atoms with Crippen molar-refractivity contribution in [3.8, 4) is 0 Å². The number of hydrogen-bond donors (Lipinski definition) is 0. The van der Waals surface area contributed by atoms with Gasteiger partial charge in [-0.1, -0.05) is 36.2 Å². The fraction of sp³-hybridized carbons (Fsp3) is 0.545. The molecule has 0 aliphatic carbocycles. The molecule has 0 atom stereocenters. The molecule has 2 heterocycles. The van der Waals surface area contributed by atoms with Crippen molar-refractivity contribution in [2.75, 3.05) is 18.1 Å². The molecule has 1 aliphatic heterocycles. The van der Waals surface area contributed by atoms with Crippen LogP contribution in [0.2, 0.25) is 0 Å². The Morgan fingerprint density at radius 1 is 1.19 bits per heavy atom. The number of nitrogens with zero attached hydrogens (tertiary/aromatic N) is 4. The van der Waals surface area contributed by atoms with Gasteiger partial charge in [-0.25, -0.2) is 0 Å². The molecule has 0 amide bonds. The van der Waals surface area contributed by atoms with E-state index in [4.69, 9.17) is 9.94 Å². The van der Waals surface area contributed by atoms with Gasteiger partial charge in [0.15, 0.2) is 5.82 Å². The van der Waals surface area contributed by atoms with Crippen molar-refractivity contribution in [1.29, 1.82) is 0 Å². The Morgan fingerprint density at radius 3 is 2.52 bits per heavy atom. The average Bonchev–Trinajstić information content (AvgIpc) is 2.94. The summed E-state index contributed by atoms with van der Waals surface area (Å²) in [5, 5.41) is 9.36. The second-order valence-corrected chi connectivity index (χ2v) is 7.48. The Balaban J connectivity index is 2.11. The molecule has 27 heavy (non-hydrogen) atoms. The predicted molar refractivity (Wildman–Crippen MR) is 112 cm³/mol. The highest BCUT2D eigenvalue weighted by Gasteiger charge is 2.29. The van der Waals surface area contributed by atoms with Crippen LogP contribution in [0, 0.1) is 20.8 Å². The maximum absolute atomic E-state index is 5.41. The van der Waals surface area contributed by atoms with Crippen molar-refractivity contribution in [3.63, 3.8) is 0 Å². The molecule has 146 valence electrons. The van der Waals surface area contributed by atoms with Crippen LogP contribution in [0.15, 0.2) is 17.3 Å². The van der Waals surface area contributed by atoms with Gasteiger partial charge in [-0.05, 0) is 58.1 Å². The van der Waals surface area contributed by atoms with E-state index in [1.165, 1.54) is 27.9 Å². The lowest BCUT2D eigenvalue weighted by Crippen LogP contribution is -2.26. The molecule has 2 aromatic rings. The molecular weight excluding hydrogens is 336 g/mol. The SMILES string of the molecule is CCC/C(=N/OCC)c1c2c(nn1C)N(c1c(C)cc(C)cc1C)CCC2. The Hall–Kier alpha value is -2.30. The molecule has 1 aromatic carbocycles. The summed E-state index contributed by atoms with van der Waals surface area (Å²) < 4.78 is 2.00. The van der Waals surface area contributed by atoms with E-state index in [0.29, 0.717) is 6.61 Å². The highest BCUT2D eigenvalue weighted by molar-refractivity contribution is 6.01. The Bertz CT molecular complexity index is 827. The van der Waals surface area contributed by atoms with Gasteiger partial charge < -0.3 is 9.74 Å². The number of oxime groups is 1. The lowest BCUT2D eigenvalue weighted by Gasteiger charge is -2.31. The van der Waals surface area contributed by atoms with E-state index in [1.807, 2.05) is 18.7 Å². The third-order valence-electron chi connectivity index (χ3n) is 5.16. The number of hydrogen-bond acceptors (Lipinski definition) is 4. The monoisotopic (exact) mass is 368 g/mol. The van der Waals surface area contributed by atoms with Crippen LogP contribution >= 0.6 is 0 Å². The maximum atomic E-state index is 5.41. The molecule has 1 aliphatic rings. The first-order valence-corrected chi connectivity index (χ1v) is 10.1. The zero-order valence-corrected chi connectivity index (χ0v) is 17.6. The molecule has 0 saturated heterocycles. The standard InChI is InChI=1S/C22H32N4O/c1-7-10-19(24-27-8-2)21-18-11-9-12-26(22(18)23-25(21)6)20-16(4)13-15(3)14-17(20)5/h13-14H,7-12H2,1-6H3/b24-19-. The number of fused-ring (bicyclic) bond motifs is 1. The first-order chi connectivity index (χ1) is 13.0. The first-order valence-electron chi connectivity index (χ1n) is 10.1. The van der Waals surface area contributed by atoms with Gasteiger partial charge in [0.25, 0.3) is 0 Å². The molecule has 0 unspecified atom stereocenters. The quantitative estimate of drug-likeness (QED) is 0.534. The summed E-state index contributed by atoms with van der Waals surface area (Å²) in [6.07, 6.45) is 4.08. The van der Waals surface area contributed by atoms with Crippen LogP contribution in [0.5, 0.6) is 0 Å². The average molecular weight is 369 g/mol. The highest BCUT2D eigenvalue weighted by atomic mass is 16.6. The lowest BCUT2D eigenvalue weighted by atomic mass is 9.97. The molecule has 1 aromatic heterocycles. The van der Waals surface area contributed by atoms with Crippen molar-refractivity contribution < 1.29 is 4.84 Å². The van der Waals surface area contributed by atoms with Crippen molar-refractivity contribution >= 4 is 17.2 Å². The third kappa shape index (κ3) is 3.73. The third-order valence-corrected chi connectivity index (χ3v) is 5.16. The van der Waals surface area contributed by atoms with Crippen molar-refractivity contribution in [2.24, 2.45) is 12.2 Å². The van der Waals surface area contributed by atoms with Gasteiger partial charge in [-0.15, -0.1) is 0 Å². The van der Waals surface area contributed by atoms with Gasteiger partial charge in [-0.3, -0.25) is 4.68 Å². The van der Waals surface area contributed by atoms with E-state index in [1.54, 1.807) is 0 Å². The molecule has 0 spiro atoms. The van der Waals surface area contributed by atoms with Crippen LogP contribution in [0.1, 0.15) is 61.1 Å². The Labute approximate surface area is 163 Å². The van der Waals surface area contributed by atoms with Gasteiger partial charge in [0.1, 0.15) is 12.3 Å². The highest BCUT2D eigenvalue weighted by Crippen LogP contribution is 2.38. The summed E-state index contributed by atoms with van der Waals surface area (Å²) in [6.45, 7) is 12.3. The lowest BCUT2D eigenvalue weighted by molar-refractivity contribution is 0.158. The number of aryl methyl sites for hydroxylation is 4. The summed E-state index contributed by atoms with van der Waals surface area (Å²) in [4.78, 5) is 7.81. The summed E-state index contributed by atoms with van der Waals surface area (Å²) >= 11 is 0. The topological polar surface area (TPSA) is 42.7 Å². The summed E-state index contributed by atoms with van der Waals surface area (Å²) in [5.41, 5.74) is 8.66. The smallest absolute Gasteiger partial charge is 0.158 e. The van der Waals surface area contributed by atoms with Crippen molar-refractivity contribution in [2.45, 2.75) is 60.3 Å². The first kappa shape index (κ1) is 19.5. The van der Waals surface area contributed by atoms with Crippen molar-refractivity contribution in [1.82, 2.24) is 9.78 Å². The predicted octanol–water partition coefficient (Wildman–Crippen LogP) is 4.97. The molecule has 0 N–H and O–H groups in total. The van der Waals surface area contributed by atoms with E-state index in [-0.39, 0.29) is 0 Å². The fourth-order valence-corrected chi connectivity index (χ4v) is 4.28. The number of benzene rings is 1. The Morgan fingerprint density at radius 2 is 1.89 bits per heavy atom. The van der Waals surface area contributed by atoms with Crippen LogP contribution in [-0.2, 0) is 18.3 Å². The molecule has 0 radical (unpaired) electrons. The zero-order valence-electron chi connectivity index (χ0n) is 17.6. The van der Waals surface area contributed by atoms with Crippen LogP contribution in [0.25, 0.3) is 0 Å². The summed E-state index contributed by atoms with van der Waals surface area (Å²) in [6, 6.07) is 4.53. The molecular formula is C22H32N4O. The van der Waals surface area contributed by atoms with Gasteiger partial charge in [0.05, 0.1) is 5.69 Å². The molecule has 5 heteroatoms. The molecule has 3 rings (SSSR count). The van der Waals surface area contributed by atoms with Crippen LogP contribution in [-0.4, -0.2) is 28.6 Å². The van der Waals surface area contributed by atoms with Crippen LogP contribution < -0.4 is 4.90 Å². The van der Waals surface area contributed by atoms with Gasteiger partial charge >= 0.3 is 0 Å². The summed E-state index contributed by atoms with van der Waals surface area (Å²) in [5.74, 6) is 1.08. The number of rotatable bonds is 6. The fourth-order valence-electron chi connectivity index (χ4n) is 4.28. The second kappa shape index (κ2) is 8.15. The largest absolute Gasteiger partial charge is 0.396 e. The van der Waals surface area contributed by atoms with Gasteiger partial charge in [-0.2, -0.15) is 5.10 Å². The molecule has 0 fully saturated rings. The minimum Gasteiger partial charge on any atom is -0.396 e. The van der Waals surface area contributed by atoms with E-state index in [9.17, 15) is 0 Å². The Kier molecular flexibility index (Phi) is 5.88. The van der Waals surface area contributed by atoms with Crippen LogP contribution in [0.4, 0.5) is 11.5 Å². The molecule has 0 saturated carbocycles. The normalized spacial score (nSPS) is 14.4. The van der Waals surface area contributed by atoms with Gasteiger partial charge in [0, 0.05) is 24.8 Å². The maximum Gasteiger partial charge on any atom is 0.158 e. The van der Waals surface area contributed by atoms with Crippen LogP contribution in [0.3, 0.4) is 0 Å². The number of anilines is 2. The summed E-state index contributed by atoms with van der Waals surface area (Å²) in [7, 11) is 2.03. The van der Waals surface area contributed by atoms with E-state index in [0.717, 1.165) is 49.5 Å². The zero-order chi connectivity index (χ0) is 19.6. The minimum absolute atomic E-state index is 0.584. The minimum atomic E-state index is 0.584. The van der Waals surface area contributed by atoms with Crippen molar-refractivity contribution in [3.05, 3.63) is 40.1 Å². The molecule has 0 bridgehead atoms. The van der Waals surface area contributed by atoms with E-state index in [2.05, 4.69) is 49.9 Å². The second-order valence-electron chi connectivity index (χ2n) is 7.48. The van der Waals surface area contributed by atoms with E-state index < -0.39 is 0 Å².